The van der Waals surface area contributed by atoms with Crippen LogP contribution in [0.25, 0.3) is 21.9 Å². The minimum absolute atomic E-state index is 0.201. The van der Waals surface area contributed by atoms with Crippen LogP contribution in [0.3, 0.4) is 0 Å². The largest absolute Gasteiger partial charge is 0.391 e. The van der Waals surface area contributed by atoms with Crippen LogP contribution in [0, 0.1) is 0 Å². The maximum Gasteiger partial charge on any atom is 0.328 e. The van der Waals surface area contributed by atoms with Gasteiger partial charge in [0, 0.05) is 17.4 Å². The van der Waals surface area contributed by atoms with Crippen molar-refractivity contribution >= 4 is 39.5 Å². The van der Waals surface area contributed by atoms with E-state index in [2.05, 4.69) is 26.3 Å². The molecule has 6 rings (SSSR count). The number of aliphatic hydroxyl groups excluding tert-OH is 1. The Morgan fingerprint density at radius 2 is 1.94 bits per heavy atom. The van der Waals surface area contributed by atoms with Crippen LogP contribution in [0.5, 0.6) is 0 Å². The number of benzene rings is 2. The number of carbonyl (C=O) groups is 1. The van der Waals surface area contributed by atoms with E-state index in [1.54, 1.807) is 11.2 Å². The van der Waals surface area contributed by atoms with Crippen LogP contribution in [-0.4, -0.2) is 44.1 Å². The summed E-state index contributed by atoms with van der Waals surface area (Å²) in [4.78, 5) is 30.5. The third kappa shape index (κ3) is 3.15. The number of aromatic nitrogens is 3. The van der Waals surface area contributed by atoms with Crippen LogP contribution >= 0.6 is 0 Å². The first kappa shape index (κ1) is 19.1. The maximum atomic E-state index is 13.2. The highest BCUT2D eigenvalue weighted by Crippen LogP contribution is 2.35. The number of amides is 2. The number of aromatic amines is 2. The van der Waals surface area contributed by atoms with Gasteiger partial charge in [-0.2, -0.15) is 0 Å². The van der Waals surface area contributed by atoms with Crippen LogP contribution < -0.4 is 10.2 Å². The second kappa shape index (κ2) is 7.49. The molecular weight excluding hydrogens is 404 g/mol. The Labute approximate surface area is 184 Å². The van der Waals surface area contributed by atoms with E-state index in [1.807, 2.05) is 42.6 Å². The molecule has 3 heterocycles. The number of amidine groups is 1. The normalized spacial score (nSPS) is 25.2. The zero-order chi connectivity index (χ0) is 21.7. The van der Waals surface area contributed by atoms with E-state index in [-0.39, 0.29) is 12.1 Å². The van der Waals surface area contributed by atoms with E-state index >= 15 is 0 Å². The predicted octanol–water partition coefficient (Wildman–Crippen LogP) is 4.02. The van der Waals surface area contributed by atoms with Gasteiger partial charge in [0.15, 0.2) is 0 Å². The van der Waals surface area contributed by atoms with Crippen LogP contribution in [0.1, 0.15) is 37.3 Å². The highest BCUT2D eigenvalue weighted by atomic mass is 16.3. The van der Waals surface area contributed by atoms with Gasteiger partial charge in [-0.05, 0) is 60.2 Å². The lowest BCUT2D eigenvalue weighted by molar-refractivity contribution is 0.109. The average molecular weight is 428 g/mol. The van der Waals surface area contributed by atoms with Gasteiger partial charge in [-0.3, -0.25) is 15.2 Å². The molecule has 0 radical (unpaired) electrons. The molecule has 1 aliphatic heterocycles. The SMILES string of the molecule is O=C1NC(=NC2CCCCC2O)C(c2ccc3[nH]ccc3c2)N1c1ccc2nc[nH]c2c1. The molecule has 0 bridgehead atoms. The van der Waals surface area contributed by atoms with Gasteiger partial charge in [0.05, 0.1) is 29.5 Å². The Morgan fingerprint density at radius 1 is 1.03 bits per heavy atom. The van der Waals surface area contributed by atoms with E-state index in [0.29, 0.717) is 5.84 Å². The van der Waals surface area contributed by atoms with Crippen molar-refractivity contribution in [1.29, 1.82) is 0 Å². The topological polar surface area (TPSA) is 109 Å². The fourth-order valence-corrected chi connectivity index (χ4v) is 4.89. The summed E-state index contributed by atoms with van der Waals surface area (Å²) in [6.07, 6.45) is 6.69. The molecule has 1 saturated heterocycles. The molecule has 2 aliphatic rings. The molecule has 0 spiro atoms. The summed E-state index contributed by atoms with van der Waals surface area (Å²) in [5.41, 5.74) is 4.47. The summed E-state index contributed by atoms with van der Waals surface area (Å²) in [6, 6.07) is 13.1. The molecule has 8 heteroatoms. The van der Waals surface area contributed by atoms with Crippen molar-refractivity contribution < 1.29 is 9.90 Å². The summed E-state index contributed by atoms with van der Waals surface area (Å²) in [5.74, 6) is 0.584. The first-order chi connectivity index (χ1) is 15.7. The number of rotatable bonds is 3. The van der Waals surface area contributed by atoms with Crippen LogP contribution in [-0.2, 0) is 0 Å². The van der Waals surface area contributed by atoms with Gasteiger partial charge in [0.2, 0.25) is 0 Å². The number of nitrogens with zero attached hydrogens (tertiary/aromatic N) is 3. The lowest BCUT2D eigenvalue weighted by Crippen LogP contribution is -2.32. The molecule has 1 aliphatic carbocycles. The molecule has 2 amide bonds. The number of aliphatic imine (C=N–C) groups is 1. The van der Waals surface area contributed by atoms with Gasteiger partial charge in [-0.1, -0.05) is 18.9 Å². The number of fused-ring (bicyclic) bond motifs is 2. The molecule has 8 nitrogen and oxygen atoms in total. The number of anilines is 1. The van der Waals surface area contributed by atoms with E-state index in [0.717, 1.165) is 58.9 Å². The number of hydrogen-bond donors (Lipinski definition) is 4. The molecule has 3 atom stereocenters. The van der Waals surface area contributed by atoms with Gasteiger partial charge in [-0.25, -0.2) is 9.78 Å². The molecule has 32 heavy (non-hydrogen) atoms. The molecule has 4 N–H and O–H groups in total. The lowest BCUT2D eigenvalue weighted by Gasteiger charge is -2.27. The molecule has 1 saturated carbocycles. The number of hydrogen-bond acceptors (Lipinski definition) is 4. The fourth-order valence-electron chi connectivity index (χ4n) is 4.89. The van der Waals surface area contributed by atoms with Crippen LogP contribution in [0.2, 0.25) is 0 Å². The lowest BCUT2D eigenvalue weighted by atomic mass is 9.93. The van der Waals surface area contributed by atoms with E-state index in [9.17, 15) is 9.90 Å². The zero-order valence-electron chi connectivity index (χ0n) is 17.5. The van der Waals surface area contributed by atoms with Crippen molar-refractivity contribution in [1.82, 2.24) is 20.3 Å². The maximum absolute atomic E-state index is 13.2. The van der Waals surface area contributed by atoms with Gasteiger partial charge in [0.1, 0.15) is 11.9 Å². The van der Waals surface area contributed by atoms with Crippen molar-refractivity contribution in [2.24, 2.45) is 4.99 Å². The zero-order valence-corrected chi connectivity index (χ0v) is 17.5. The summed E-state index contributed by atoms with van der Waals surface area (Å²) in [7, 11) is 0. The van der Waals surface area contributed by atoms with Gasteiger partial charge in [0.25, 0.3) is 0 Å². The number of H-pyrrole nitrogens is 2. The number of carbonyl (C=O) groups excluding carboxylic acids is 1. The molecular formula is C24H24N6O2. The van der Waals surface area contributed by atoms with E-state index in [4.69, 9.17) is 4.99 Å². The number of aliphatic hydroxyl groups is 1. The van der Waals surface area contributed by atoms with Gasteiger partial charge in [-0.15, -0.1) is 0 Å². The second-order valence-corrected chi connectivity index (χ2v) is 8.56. The highest BCUT2D eigenvalue weighted by Gasteiger charge is 2.40. The van der Waals surface area contributed by atoms with E-state index in [1.165, 1.54) is 0 Å². The Balaban J connectivity index is 1.48. The number of imidazole rings is 1. The van der Waals surface area contributed by atoms with Crippen LogP contribution in [0.15, 0.2) is 60.0 Å². The standard InChI is InChI=1S/C24H24N6O2/c31-21-4-2-1-3-19(21)28-23-22(15-5-7-17-14(11-15)9-10-25-17)30(24(32)29-23)16-6-8-18-20(12-16)27-13-26-18/h5-13,19,21-22,25,31H,1-4H2,(H,26,27)(H,28,29,32). The van der Waals surface area contributed by atoms with Gasteiger partial charge < -0.3 is 15.1 Å². The Kier molecular flexibility index (Phi) is 4.46. The molecule has 3 unspecified atom stereocenters. The summed E-state index contributed by atoms with van der Waals surface area (Å²) >= 11 is 0. The molecule has 2 aromatic carbocycles. The van der Waals surface area contributed by atoms with Crippen molar-refractivity contribution in [2.75, 3.05) is 4.90 Å². The minimum atomic E-state index is -0.476. The van der Waals surface area contributed by atoms with E-state index < -0.39 is 12.1 Å². The second-order valence-electron chi connectivity index (χ2n) is 8.56. The summed E-state index contributed by atoms with van der Waals surface area (Å²) in [5, 5.41) is 14.6. The van der Waals surface area contributed by atoms with Crippen molar-refractivity contribution in [3.63, 3.8) is 0 Å². The van der Waals surface area contributed by atoms with Gasteiger partial charge >= 0.3 is 6.03 Å². The third-order valence-electron chi connectivity index (χ3n) is 6.54. The van der Waals surface area contributed by atoms with Crippen molar-refractivity contribution in [2.45, 2.75) is 43.9 Å². The Morgan fingerprint density at radius 3 is 2.84 bits per heavy atom. The quantitative estimate of drug-likeness (QED) is 0.396. The highest BCUT2D eigenvalue weighted by molar-refractivity contribution is 6.17. The third-order valence-corrected chi connectivity index (χ3v) is 6.54. The van der Waals surface area contributed by atoms with Crippen molar-refractivity contribution in [3.05, 3.63) is 60.6 Å². The monoisotopic (exact) mass is 428 g/mol. The fraction of sp³-hybridized carbons (Fsp3) is 0.292. The van der Waals surface area contributed by atoms with Crippen LogP contribution in [0.4, 0.5) is 10.5 Å². The Hall–Kier alpha value is -3.65. The number of urea groups is 1. The average Bonchev–Trinajstić information content (AvgIpc) is 3.52. The smallest absolute Gasteiger partial charge is 0.328 e. The molecule has 2 aromatic heterocycles. The molecule has 2 fully saturated rings. The predicted molar refractivity (Wildman–Crippen MR) is 124 cm³/mol. The molecule has 4 aromatic rings. The van der Waals surface area contributed by atoms with Crippen molar-refractivity contribution in [3.8, 4) is 0 Å². The summed E-state index contributed by atoms with van der Waals surface area (Å²) in [6.45, 7) is 0. The first-order valence-corrected chi connectivity index (χ1v) is 11.0. The number of nitrogens with one attached hydrogen (secondary N) is 3. The molecule has 162 valence electrons. The first-order valence-electron chi connectivity index (χ1n) is 11.0. The summed E-state index contributed by atoms with van der Waals surface area (Å²) < 4.78 is 0. The Bertz CT molecular complexity index is 1340. The minimum Gasteiger partial charge on any atom is -0.391 e.